The fourth-order valence-corrected chi connectivity index (χ4v) is 3.87. The second kappa shape index (κ2) is 8.69. The van der Waals surface area contributed by atoms with Crippen LogP contribution in [-0.4, -0.2) is 49.8 Å². The third-order valence-corrected chi connectivity index (χ3v) is 5.43. The van der Waals surface area contributed by atoms with E-state index in [2.05, 4.69) is 40.9 Å². The number of H-pyrrole nitrogens is 1. The predicted octanol–water partition coefficient (Wildman–Crippen LogP) is 3.00. The molecule has 1 fully saturated rings. The third-order valence-electron chi connectivity index (χ3n) is 5.43. The van der Waals surface area contributed by atoms with Crippen molar-refractivity contribution in [3.05, 3.63) is 59.7 Å². The molecule has 168 valence electrons. The number of anilines is 3. The van der Waals surface area contributed by atoms with Crippen LogP contribution in [0, 0.1) is 6.92 Å². The van der Waals surface area contributed by atoms with Gasteiger partial charge in [0.05, 0.1) is 11.7 Å². The molecule has 4 aromatic rings. The van der Waals surface area contributed by atoms with Crippen molar-refractivity contribution in [2.24, 2.45) is 0 Å². The molecule has 0 saturated carbocycles. The van der Waals surface area contributed by atoms with Crippen molar-refractivity contribution in [1.29, 1.82) is 0 Å². The zero-order valence-corrected chi connectivity index (χ0v) is 18.2. The zero-order chi connectivity index (χ0) is 22.8. The molecule has 1 amide bonds. The van der Waals surface area contributed by atoms with E-state index in [1.54, 1.807) is 19.3 Å². The van der Waals surface area contributed by atoms with Crippen LogP contribution in [0.15, 0.2) is 47.1 Å². The normalized spacial score (nSPS) is 15.6. The van der Waals surface area contributed by atoms with E-state index in [0.29, 0.717) is 29.0 Å². The van der Waals surface area contributed by atoms with E-state index in [1.807, 2.05) is 42.2 Å². The second-order valence-corrected chi connectivity index (χ2v) is 7.76. The average Bonchev–Trinajstić information content (AvgIpc) is 3.59. The Balaban J connectivity index is 1.47. The molecular formula is C22H23N9O2. The maximum atomic E-state index is 12.4. The summed E-state index contributed by atoms with van der Waals surface area (Å²) in [4.78, 5) is 28.0. The molecule has 5 heterocycles. The van der Waals surface area contributed by atoms with Gasteiger partial charge in [0.15, 0.2) is 11.6 Å². The first-order valence-corrected chi connectivity index (χ1v) is 10.7. The van der Waals surface area contributed by atoms with Crippen LogP contribution in [0.25, 0.3) is 11.4 Å². The highest BCUT2D eigenvalue weighted by Gasteiger charge is 2.32. The van der Waals surface area contributed by atoms with Crippen molar-refractivity contribution >= 4 is 23.5 Å². The van der Waals surface area contributed by atoms with E-state index in [0.717, 1.165) is 30.8 Å². The van der Waals surface area contributed by atoms with Gasteiger partial charge in [0, 0.05) is 43.7 Å². The Labute approximate surface area is 189 Å². The smallest absolute Gasteiger partial charge is 0.269 e. The molecule has 0 aromatic carbocycles. The molecule has 1 aliphatic heterocycles. The number of nitrogens with one attached hydrogen (secondary N) is 3. The highest BCUT2D eigenvalue weighted by molar-refractivity contribution is 5.93. The van der Waals surface area contributed by atoms with Crippen LogP contribution < -0.4 is 15.5 Å². The lowest BCUT2D eigenvalue weighted by Gasteiger charge is -2.23. The Morgan fingerprint density at radius 1 is 1.18 bits per heavy atom. The van der Waals surface area contributed by atoms with Gasteiger partial charge in [-0.15, -0.1) is 0 Å². The van der Waals surface area contributed by atoms with Gasteiger partial charge in [0.1, 0.15) is 17.2 Å². The highest BCUT2D eigenvalue weighted by Crippen LogP contribution is 2.36. The fourth-order valence-electron chi connectivity index (χ4n) is 3.87. The molecule has 5 rings (SSSR count). The van der Waals surface area contributed by atoms with Crippen molar-refractivity contribution in [2.45, 2.75) is 25.8 Å². The Kier molecular flexibility index (Phi) is 5.43. The molecule has 1 saturated heterocycles. The lowest BCUT2D eigenvalue weighted by atomic mass is 10.1. The number of hydrogen-bond acceptors (Lipinski definition) is 9. The molecule has 1 atom stereocenters. The third kappa shape index (κ3) is 4.25. The average molecular weight is 445 g/mol. The monoisotopic (exact) mass is 445 g/mol. The second-order valence-electron chi connectivity index (χ2n) is 7.76. The number of amides is 1. The lowest BCUT2D eigenvalue weighted by Crippen LogP contribution is -2.27. The summed E-state index contributed by atoms with van der Waals surface area (Å²) >= 11 is 0. The molecule has 0 spiro atoms. The highest BCUT2D eigenvalue weighted by atomic mass is 16.5. The van der Waals surface area contributed by atoms with E-state index >= 15 is 0 Å². The zero-order valence-electron chi connectivity index (χ0n) is 18.2. The van der Waals surface area contributed by atoms with Gasteiger partial charge in [-0.25, -0.2) is 4.98 Å². The van der Waals surface area contributed by atoms with Crippen molar-refractivity contribution < 1.29 is 9.32 Å². The molecule has 0 unspecified atom stereocenters. The number of pyridine rings is 1. The number of nitrogens with zero attached hydrogens (tertiary/aromatic N) is 6. The standard InChI is InChI=1S/C22H23N9O2/c1-13-10-20(29-28-13)26-19-12-16(21(32)23-2)25-22(27-19)31-9-5-7-17(31)18-11-15(30-33-18)14-6-3-4-8-24-14/h3-4,6,8,10-12,17H,5,7,9H2,1-2H3,(H,23,32)(H2,25,26,27,28,29)/t17-/m0/s1. The predicted molar refractivity (Wildman–Crippen MR) is 121 cm³/mol. The molecule has 11 heteroatoms. The minimum absolute atomic E-state index is 0.102. The van der Waals surface area contributed by atoms with Crippen LogP contribution in [0.2, 0.25) is 0 Å². The Bertz CT molecular complexity index is 1270. The van der Waals surface area contributed by atoms with Gasteiger partial charge in [-0.05, 0) is 31.9 Å². The molecule has 4 aromatic heterocycles. The van der Waals surface area contributed by atoms with E-state index < -0.39 is 0 Å². The summed E-state index contributed by atoms with van der Waals surface area (Å²) in [5, 5.41) is 17.0. The SMILES string of the molecule is CNC(=O)c1cc(Nc2cc(C)[nH]n2)nc(N2CCC[C@H]2c2cc(-c3ccccn3)no2)n1. The van der Waals surface area contributed by atoms with Crippen molar-refractivity contribution in [3.63, 3.8) is 0 Å². The number of aromatic amines is 1. The first kappa shape index (κ1) is 20.6. The molecule has 33 heavy (non-hydrogen) atoms. The van der Waals surface area contributed by atoms with E-state index in [1.165, 1.54) is 0 Å². The number of aromatic nitrogens is 6. The van der Waals surface area contributed by atoms with E-state index in [9.17, 15) is 4.79 Å². The summed E-state index contributed by atoms with van der Waals surface area (Å²) in [6.07, 6.45) is 3.50. The molecule has 3 N–H and O–H groups in total. The number of carbonyl (C=O) groups is 1. The Morgan fingerprint density at radius 2 is 2.09 bits per heavy atom. The molecule has 0 aliphatic carbocycles. The van der Waals surface area contributed by atoms with E-state index in [4.69, 9.17) is 4.52 Å². The fraction of sp³-hybridized carbons (Fsp3) is 0.273. The summed E-state index contributed by atoms with van der Waals surface area (Å²) < 4.78 is 5.69. The van der Waals surface area contributed by atoms with Gasteiger partial charge >= 0.3 is 0 Å². The minimum Gasteiger partial charge on any atom is -0.358 e. The van der Waals surface area contributed by atoms with Crippen molar-refractivity contribution in [3.8, 4) is 11.4 Å². The number of rotatable bonds is 6. The molecule has 11 nitrogen and oxygen atoms in total. The minimum atomic E-state index is -0.298. The summed E-state index contributed by atoms with van der Waals surface area (Å²) in [5.74, 6) is 1.92. The molecule has 0 radical (unpaired) electrons. The quantitative estimate of drug-likeness (QED) is 0.409. The summed E-state index contributed by atoms with van der Waals surface area (Å²) in [5.41, 5.74) is 2.59. The maximum absolute atomic E-state index is 12.4. The van der Waals surface area contributed by atoms with Gasteiger partial charge in [0.25, 0.3) is 5.91 Å². The number of carbonyl (C=O) groups excluding carboxylic acids is 1. The number of hydrogen-bond donors (Lipinski definition) is 3. The number of aryl methyl sites for hydroxylation is 1. The first-order chi connectivity index (χ1) is 16.1. The Hall–Kier alpha value is -4.28. The molecular weight excluding hydrogens is 422 g/mol. The summed E-state index contributed by atoms with van der Waals surface area (Å²) in [7, 11) is 1.57. The summed E-state index contributed by atoms with van der Waals surface area (Å²) in [6, 6.07) is 10.9. The van der Waals surface area contributed by atoms with Crippen molar-refractivity contribution in [2.75, 3.05) is 23.8 Å². The van der Waals surface area contributed by atoms with Crippen LogP contribution in [0.1, 0.15) is 40.8 Å². The van der Waals surface area contributed by atoms with Crippen LogP contribution >= 0.6 is 0 Å². The van der Waals surface area contributed by atoms with Gasteiger partial charge < -0.3 is 20.1 Å². The van der Waals surface area contributed by atoms with Crippen LogP contribution in [0.4, 0.5) is 17.6 Å². The van der Waals surface area contributed by atoms with Crippen LogP contribution in [0.3, 0.4) is 0 Å². The van der Waals surface area contributed by atoms with Gasteiger partial charge in [-0.2, -0.15) is 10.1 Å². The van der Waals surface area contributed by atoms with Crippen LogP contribution in [-0.2, 0) is 0 Å². The molecule has 1 aliphatic rings. The summed E-state index contributed by atoms with van der Waals surface area (Å²) in [6.45, 7) is 2.63. The van der Waals surface area contributed by atoms with Crippen molar-refractivity contribution in [1.82, 2.24) is 35.6 Å². The van der Waals surface area contributed by atoms with Crippen LogP contribution in [0.5, 0.6) is 0 Å². The first-order valence-electron chi connectivity index (χ1n) is 10.7. The molecule has 0 bridgehead atoms. The Morgan fingerprint density at radius 3 is 2.85 bits per heavy atom. The van der Waals surface area contributed by atoms with Gasteiger partial charge in [-0.1, -0.05) is 11.2 Å². The topological polar surface area (TPSA) is 138 Å². The van der Waals surface area contributed by atoms with E-state index in [-0.39, 0.29) is 17.6 Å². The van der Waals surface area contributed by atoms with Gasteiger partial charge in [-0.3, -0.25) is 14.9 Å². The lowest BCUT2D eigenvalue weighted by molar-refractivity contribution is 0.0958. The maximum Gasteiger partial charge on any atom is 0.269 e. The van der Waals surface area contributed by atoms with Gasteiger partial charge in [0.2, 0.25) is 5.95 Å². The largest absolute Gasteiger partial charge is 0.358 e.